The first kappa shape index (κ1) is 27.7. The molecule has 2 fully saturated rings. The number of hydrogen-bond acceptors (Lipinski definition) is 6. The van der Waals surface area contributed by atoms with E-state index in [-0.39, 0.29) is 23.5 Å². The maximum atomic E-state index is 13.4. The normalized spacial score (nSPS) is 24.5. The molecule has 0 bridgehead atoms. The van der Waals surface area contributed by atoms with Crippen LogP contribution in [0, 0.1) is 5.92 Å². The van der Waals surface area contributed by atoms with E-state index in [1.54, 1.807) is 30.3 Å². The second-order valence-corrected chi connectivity index (χ2v) is 13.4. The Labute approximate surface area is 221 Å². The summed E-state index contributed by atoms with van der Waals surface area (Å²) in [4.78, 5) is 32.6. The molecule has 7 nitrogen and oxygen atoms in total. The zero-order valence-electron chi connectivity index (χ0n) is 21.1. The van der Waals surface area contributed by atoms with E-state index in [1.807, 2.05) is 20.1 Å². The molecule has 0 radical (unpaired) electrons. The lowest BCUT2D eigenvalue weighted by Gasteiger charge is -2.27. The van der Waals surface area contributed by atoms with Gasteiger partial charge in [0.1, 0.15) is 5.75 Å². The Morgan fingerprint density at radius 3 is 2.54 bits per heavy atom. The maximum absolute atomic E-state index is 13.4. The molecule has 5 rings (SSSR count). The van der Waals surface area contributed by atoms with Crippen LogP contribution in [0.2, 0.25) is 0 Å². The molecule has 3 heterocycles. The molecule has 1 N–H and O–H groups in total. The number of thioether (sulfide) groups is 1. The van der Waals surface area contributed by atoms with Gasteiger partial charge in [-0.05, 0) is 76.7 Å². The molecule has 0 aliphatic carbocycles. The summed E-state index contributed by atoms with van der Waals surface area (Å²) in [6.07, 6.45) is 4.73. The van der Waals surface area contributed by atoms with Crippen LogP contribution in [0.4, 0.5) is 20.2 Å². The molecule has 0 spiro atoms. The summed E-state index contributed by atoms with van der Waals surface area (Å²) in [5, 5.41) is 0. The summed E-state index contributed by atoms with van der Waals surface area (Å²) in [6, 6.07) is 11.1. The number of carbonyl (C=O) groups excluding carboxylic acids is 2. The molecular weight excluding hydrogens is 522 g/mol. The number of fused-ring (bicyclic) bond motifs is 1. The SMILES string of the molecule is C1CCSC1.CC(C)C1C(=O)N(c2cccc(OC(F)F)c2)c2ccc(C(=O)NS3(C)CCOO3)cc21. The van der Waals surface area contributed by atoms with Crippen molar-refractivity contribution in [2.24, 2.45) is 5.92 Å². The van der Waals surface area contributed by atoms with Gasteiger partial charge in [0.15, 0.2) is 0 Å². The van der Waals surface area contributed by atoms with E-state index in [4.69, 9.17) is 9.22 Å². The first-order valence-corrected chi connectivity index (χ1v) is 15.5. The Hall–Kier alpha value is -2.34. The minimum Gasteiger partial charge on any atom is -0.435 e. The summed E-state index contributed by atoms with van der Waals surface area (Å²) in [7, 11) is -1.85. The number of amides is 2. The first-order chi connectivity index (χ1) is 17.7. The highest BCUT2D eigenvalue weighted by atomic mass is 32.3. The van der Waals surface area contributed by atoms with E-state index in [1.165, 1.54) is 41.4 Å². The largest absolute Gasteiger partial charge is 0.435 e. The molecule has 2 saturated heterocycles. The van der Waals surface area contributed by atoms with Gasteiger partial charge in [0, 0.05) is 23.6 Å². The number of hydrogen-bond donors (Lipinski definition) is 1. The lowest BCUT2D eigenvalue weighted by Crippen LogP contribution is -2.28. The van der Waals surface area contributed by atoms with Gasteiger partial charge in [-0.3, -0.25) is 19.2 Å². The van der Waals surface area contributed by atoms with Crippen LogP contribution in [0.3, 0.4) is 0 Å². The molecule has 202 valence electrons. The van der Waals surface area contributed by atoms with Gasteiger partial charge in [-0.1, -0.05) is 19.9 Å². The van der Waals surface area contributed by atoms with E-state index in [0.29, 0.717) is 34.9 Å². The summed E-state index contributed by atoms with van der Waals surface area (Å²) in [5.41, 5.74) is 2.14. The molecule has 2 aromatic carbocycles. The van der Waals surface area contributed by atoms with Gasteiger partial charge in [-0.2, -0.15) is 24.9 Å². The Bertz CT molecular complexity index is 1120. The topological polar surface area (TPSA) is 77.1 Å². The summed E-state index contributed by atoms with van der Waals surface area (Å²) < 4.78 is 37.9. The molecular formula is C26H32F2N2O5S2. The van der Waals surface area contributed by atoms with Crippen molar-refractivity contribution in [1.82, 2.24) is 4.72 Å². The number of nitrogens with one attached hydrogen (secondary N) is 1. The van der Waals surface area contributed by atoms with Gasteiger partial charge in [-0.25, -0.2) is 4.89 Å². The number of rotatable bonds is 6. The molecule has 2 amide bonds. The smallest absolute Gasteiger partial charge is 0.387 e. The number of anilines is 2. The zero-order valence-corrected chi connectivity index (χ0v) is 22.7. The second kappa shape index (κ2) is 12.0. The first-order valence-electron chi connectivity index (χ1n) is 12.2. The second-order valence-electron chi connectivity index (χ2n) is 9.39. The van der Waals surface area contributed by atoms with E-state index >= 15 is 0 Å². The van der Waals surface area contributed by atoms with E-state index in [2.05, 4.69) is 21.2 Å². The number of carbonyl (C=O) groups is 2. The van der Waals surface area contributed by atoms with Crippen LogP contribution in [0.5, 0.6) is 5.75 Å². The van der Waals surface area contributed by atoms with Crippen LogP contribution < -0.4 is 14.4 Å². The van der Waals surface area contributed by atoms with Crippen LogP contribution in [0.15, 0.2) is 42.5 Å². The molecule has 3 aliphatic heterocycles. The van der Waals surface area contributed by atoms with Crippen molar-refractivity contribution in [1.29, 1.82) is 0 Å². The van der Waals surface area contributed by atoms with Crippen LogP contribution in [0.25, 0.3) is 0 Å². The minimum absolute atomic E-state index is 0.0363. The molecule has 3 aliphatic rings. The fraction of sp³-hybridized carbons (Fsp3) is 0.462. The Morgan fingerprint density at radius 1 is 1.19 bits per heavy atom. The van der Waals surface area contributed by atoms with E-state index < -0.39 is 23.0 Å². The van der Waals surface area contributed by atoms with Gasteiger partial charge in [0.25, 0.3) is 5.91 Å². The van der Waals surface area contributed by atoms with E-state index in [0.717, 1.165) is 0 Å². The molecule has 37 heavy (non-hydrogen) atoms. The summed E-state index contributed by atoms with van der Waals surface area (Å²) in [6.45, 7) is 1.31. The van der Waals surface area contributed by atoms with E-state index in [9.17, 15) is 18.4 Å². The van der Waals surface area contributed by atoms with Crippen molar-refractivity contribution in [2.45, 2.75) is 39.2 Å². The molecule has 2 atom stereocenters. The van der Waals surface area contributed by atoms with Crippen molar-refractivity contribution < 1.29 is 32.3 Å². The molecule has 0 saturated carbocycles. The van der Waals surface area contributed by atoms with Crippen LogP contribution >= 0.6 is 22.3 Å². The quantitative estimate of drug-likeness (QED) is 0.430. The molecule has 11 heteroatoms. The Kier molecular flexibility index (Phi) is 8.99. The molecule has 2 aromatic rings. The highest BCUT2D eigenvalue weighted by Gasteiger charge is 2.40. The standard InChI is InChI=1S/C22H24F2N2O5S.C4H8S/c1-13(2)19-17-11-14(20(27)25-32(3)10-9-29-31-32)7-8-18(17)26(21(19)28)15-5-4-6-16(12-15)30-22(23)24;1-2-4-5-3-1/h4-8,11-13,19,22H,9-10H2,1-3H3,(H,25,27);1-4H2. The lowest BCUT2D eigenvalue weighted by atomic mass is 9.89. The van der Waals surface area contributed by atoms with Crippen LogP contribution in [-0.2, 0) is 14.0 Å². The minimum atomic E-state index is -2.96. The lowest BCUT2D eigenvalue weighted by molar-refractivity contribution is -0.173. The van der Waals surface area contributed by atoms with Gasteiger partial charge in [0.2, 0.25) is 5.91 Å². The number of halogens is 2. The third kappa shape index (κ3) is 6.57. The summed E-state index contributed by atoms with van der Waals surface area (Å²) in [5.74, 6) is 2.38. The monoisotopic (exact) mass is 554 g/mol. The van der Waals surface area contributed by atoms with Crippen molar-refractivity contribution in [3.63, 3.8) is 0 Å². The fourth-order valence-corrected chi connectivity index (χ4v) is 6.85. The van der Waals surface area contributed by atoms with Gasteiger partial charge in [0.05, 0.1) is 23.9 Å². The highest BCUT2D eigenvalue weighted by molar-refractivity contribution is 8.28. The Morgan fingerprint density at radius 2 is 1.95 bits per heavy atom. The number of alkyl halides is 2. The predicted molar refractivity (Wildman–Crippen MR) is 144 cm³/mol. The van der Waals surface area contributed by atoms with Crippen molar-refractivity contribution in [3.8, 4) is 5.75 Å². The third-order valence-corrected chi connectivity index (χ3v) is 9.32. The molecule has 2 unspecified atom stereocenters. The van der Waals surface area contributed by atoms with Gasteiger partial charge in [-0.15, -0.1) is 0 Å². The fourth-order valence-electron chi connectivity index (χ4n) is 4.45. The average Bonchev–Trinajstić information content (AvgIpc) is 3.59. The molecule has 0 aromatic heterocycles. The van der Waals surface area contributed by atoms with Gasteiger partial charge >= 0.3 is 6.61 Å². The third-order valence-electron chi connectivity index (χ3n) is 6.21. The van der Waals surface area contributed by atoms with Crippen molar-refractivity contribution in [2.75, 3.05) is 35.0 Å². The number of ether oxygens (including phenoxy) is 1. The Balaban J connectivity index is 0.000000572. The van der Waals surface area contributed by atoms with Crippen molar-refractivity contribution >= 4 is 45.4 Å². The highest BCUT2D eigenvalue weighted by Crippen LogP contribution is 2.47. The summed E-state index contributed by atoms with van der Waals surface area (Å²) >= 11 is 2.07. The number of nitrogens with zero attached hydrogens (tertiary/aromatic N) is 1. The van der Waals surface area contributed by atoms with Crippen LogP contribution in [-0.4, -0.2) is 48.5 Å². The maximum Gasteiger partial charge on any atom is 0.387 e. The van der Waals surface area contributed by atoms with Gasteiger partial charge < -0.3 is 4.74 Å². The van der Waals surface area contributed by atoms with Crippen LogP contribution in [0.1, 0.15) is 48.5 Å². The number of benzene rings is 2. The zero-order chi connectivity index (χ0) is 26.6. The predicted octanol–water partition coefficient (Wildman–Crippen LogP) is 6.18. The average molecular weight is 555 g/mol. The van der Waals surface area contributed by atoms with Crippen molar-refractivity contribution in [3.05, 3.63) is 53.6 Å².